The predicted molar refractivity (Wildman–Crippen MR) is 119 cm³/mol. The van der Waals surface area contributed by atoms with Crippen molar-refractivity contribution in [3.05, 3.63) is 12.3 Å². The van der Waals surface area contributed by atoms with E-state index in [4.69, 9.17) is 10.1 Å². The highest BCUT2D eigenvalue weighted by molar-refractivity contribution is 5.67. The summed E-state index contributed by atoms with van der Waals surface area (Å²) in [5.74, 6) is 1.53. The summed E-state index contributed by atoms with van der Waals surface area (Å²) in [6.45, 7) is 4.38. The zero-order chi connectivity index (χ0) is 20.8. The van der Waals surface area contributed by atoms with Gasteiger partial charge in [0.15, 0.2) is 0 Å². The first kappa shape index (κ1) is 21.3. The second-order valence-corrected chi connectivity index (χ2v) is 9.39. The fourth-order valence-corrected chi connectivity index (χ4v) is 5.49. The highest BCUT2D eigenvalue weighted by Crippen LogP contribution is 2.31. The maximum absolute atomic E-state index is 11.0. The summed E-state index contributed by atoms with van der Waals surface area (Å²) in [5, 5.41) is 12.6. The lowest BCUT2D eigenvalue weighted by Crippen LogP contribution is -2.48. The number of anilines is 2. The van der Waals surface area contributed by atoms with E-state index >= 15 is 0 Å². The summed E-state index contributed by atoms with van der Waals surface area (Å²) >= 11 is 0. The molecule has 3 aliphatic rings. The molecule has 1 aliphatic carbocycles. The van der Waals surface area contributed by atoms with Crippen LogP contribution in [0.2, 0.25) is 0 Å². The lowest BCUT2D eigenvalue weighted by Gasteiger charge is -2.41. The third-order valence-electron chi connectivity index (χ3n) is 7.15. The second-order valence-electron chi connectivity index (χ2n) is 9.39. The molecule has 0 radical (unpaired) electrons. The number of aliphatic carboxylic acids is 1. The van der Waals surface area contributed by atoms with Crippen molar-refractivity contribution in [3.8, 4) is 0 Å². The molecule has 7 nitrogen and oxygen atoms in total. The van der Waals surface area contributed by atoms with Crippen molar-refractivity contribution in [1.29, 1.82) is 0 Å². The first-order chi connectivity index (χ1) is 14.7. The van der Waals surface area contributed by atoms with Gasteiger partial charge >= 0.3 is 5.97 Å². The standard InChI is InChI=1S/C23H37N5O2/c29-22(30)16-18-7-9-20(10-8-18)28-15-5-6-19(17-28)25-23-24-12-11-21(26-23)27-13-3-1-2-4-14-27/h11-12,18-20H,1-10,13-17H2,(H,29,30)(H,24,25,26). The molecule has 0 aromatic carbocycles. The number of hydrogen-bond acceptors (Lipinski definition) is 6. The van der Waals surface area contributed by atoms with E-state index in [1.54, 1.807) is 0 Å². The Morgan fingerprint density at radius 1 is 1.03 bits per heavy atom. The lowest BCUT2D eigenvalue weighted by molar-refractivity contribution is -0.138. The zero-order valence-corrected chi connectivity index (χ0v) is 18.1. The van der Waals surface area contributed by atoms with Crippen LogP contribution in [0.1, 0.15) is 70.6 Å². The van der Waals surface area contributed by atoms with Gasteiger partial charge in [0.05, 0.1) is 0 Å². The number of piperidine rings is 1. The van der Waals surface area contributed by atoms with E-state index in [1.807, 2.05) is 12.3 Å². The number of nitrogens with zero attached hydrogens (tertiary/aromatic N) is 4. The van der Waals surface area contributed by atoms with Crippen molar-refractivity contribution >= 4 is 17.7 Å². The van der Waals surface area contributed by atoms with E-state index in [0.29, 0.717) is 24.4 Å². The fraction of sp³-hybridized carbons (Fsp3) is 0.783. The number of carbonyl (C=O) groups is 1. The Kier molecular flexibility index (Phi) is 7.42. The summed E-state index contributed by atoms with van der Waals surface area (Å²) in [6, 6.07) is 3.03. The number of carboxylic acids is 1. The van der Waals surface area contributed by atoms with Crippen LogP contribution in [-0.4, -0.2) is 64.2 Å². The number of carboxylic acid groups (broad SMARTS) is 1. The smallest absolute Gasteiger partial charge is 0.303 e. The Bertz CT molecular complexity index is 684. The first-order valence-electron chi connectivity index (χ1n) is 12.0. The number of nitrogens with one attached hydrogen (secondary N) is 1. The molecular formula is C23H37N5O2. The van der Waals surface area contributed by atoms with Crippen molar-refractivity contribution in [3.63, 3.8) is 0 Å². The van der Waals surface area contributed by atoms with Crippen LogP contribution in [0.5, 0.6) is 0 Å². The molecule has 1 unspecified atom stereocenters. The molecule has 166 valence electrons. The number of likely N-dealkylation sites (tertiary alicyclic amines) is 1. The van der Waals surface area contributed by atoms with Gasteiger partial charge in [-0.3, -0.25) is 9.69 Å². The van der Waals surface area contributed by atoms with Crippen molar-refractivity contribution in [2.45, 2.75) is 82.7 Å². The molecule has 7 heteroatoms. The molecule has 1 atom stereocenters. The van der Waals surface area contributed by atoms with Gasteiger partial charge in [-0.2, -0.15) is 4.98 Å². The van der Waals surface area contributed by atoms with Gasteiger partial charge in [0, 0.05) is 44.3 Å². The Morgan fingerprint density at radius 3 is 2.53 bits per heavy atom. The third kappa shape index (κ3) is 5.84. The Balaban J connectivity index is 1.30. The minimum absolute atomic E-state index is 0.335. The molecule has 30 heavy (non-hydrogen) atoms. The van der Waals surface area contributed by atoms with Crippen molar-refractivity contribution in [2.75, 3.05) is 36.4 Å². The van der Waals surface area contributed by atoms with Crippen LogP contribution in [0.3, 0.4) is 0 Å². The van der Waals surface area contributed by atoms with Crippen molar-refractivity contribution < 1.29 is 9.90 Å². The molecule has 1 aromatic heterocycles. The van der Waals surface area contributed by atoms with Gasteiger partial charge in [0.2, 0.25) is 5.95 Å². The summed E-state index contributed by atoms with van der Waals surface area (Å²) in [7, 11) is 0. The molecule has 2 saturated heterocycles. The molecule has 3 heterocycles. The number of aromatic nitrogens is 2. The summed E-state index contributed by atoms with van der Waals surface area (Å²) in [6.07, 6.45) is 14.1. The van der Waals surface area contributed by atoms with E-state index in [1.165, 1.54) is 32.1 Å². The van der Waals surface area contributed by atoms with Crippen LogP contribution >= 0.6 is 0 Å². The van der Waals surface area contributed by atoms with Gasteiger partial charge in [-0.1, -0.05) is 12.8 Å². The van der Waals surface area contributed by atoms with E-state index < -0.39 is 5.97 Å². The van der Waals surface area contributed by atoms with Gasteiger partial charge in [-0.25, -0.2) is 4.98 Å². The van der Waals surface area contributed by atoms with E-state index in [9.17, 15) is 4.79 Å². The van der Waals surface area contributed by atoms with Gasteiger partial charge < -0.3 is 15.3 Å². The number of rotatable bonds is 6. The molecule has 0 amide bonds. The predicted octanol–water partition coefficient (Wildman–Crippen LogP) is 3.77. The van der Waals surface area contributed by atoms with E-state index in [2.05, 4.69) is 20.1 Å². The molecule has 1 aromatic rings. The lowest BCUT2D eigenvalue weighted by atomic mass is 9.83. The maximum Gasteiger partial charge on any atom is 0.303 e. The second kappa shape index (κ2) is 10.4. The van der Waals surface area contributed by atoms with Crippen molar-refractivity contribution in [2.24, 2.45) is 5.92 Å². The van der Waals surface area contributed by atoms with Crippen LogP contribution in [0.25, 0.3) is 0 Å². The van der Waals surface area contributed by atoms with E-state index in [-0.39, 0.29) is 0 Å². The quantitative estimate of drug-likeness (QED) is 0.732. The minimum atomic E-state index is -0.650. The molecule has 3 fully saturated rings. The van der Waals surface area contributed by atoms with Gasteiger partial charge in [0.1, 0.15) is 5.82 Å². The van der Waals surface area contributed by atoms with Gasteiger partial charge in [0.25, 0.3) is 0 Å². The molecular weight excluding hydrogens is 378 g/mol. The molecule has 0 spiro atoms. The van der Waals surface area contributed by atoms with Gasteiger partial charge in [-0.15, -0.1) is 0 Å². The largest absolute Gasteiger partial charge is 0.481 e. The maximum atomic E-state index is 11.0. The Labute approximate surface area is 180 Å². The topological polar surface area (TPSA) is 81.6 Å². The Morgan fingerprint density at radius 2 is 1.80 bits per heavy atom. The molecule has 4 rings (SSSR count). The zero-order valence-electron chi connectivity index (χ0n) is 18.1. The SMILES string of the molecule is O=C(O)CC1CCC(N2CCCC(Nc3nccc(N4CCCCCC4)n3)C2)CC1. The van der Waals surface area contributed by atoms with E-state index in [0.717, 1.165) is 70.0 Å². The highest BCUT2D eigenvalue weighted by Gasteiger charge is 2.30. The van der Waals surface area contributed by atoms with Crippen LogP contribution in [0.4, 0.5) is 11.8 Å². The first-order valence-corrected chi connectivity index (χ1v) is 12.0. The van der Waals surface area contributed by atoms with Crippen molar-refractivity contribution in [1.82, 2.24) is 14.9 Å². The summed E-state index contributed by atoms with van der Waals surface area (Å²) in [4.78, 5) is 25.3. The van der Waals surface area contributed by atoms with Crippen LogP contribution in [-0.2, 0) is 4.79 Å². The average Bonchev–Trinajstić information content (AvgIpc) is 3.04. The number of hydrogen-bond donors (Lipinski definition) is 2. The summed E-state index contributed by atoms with van der Waals surface area (Å²) < 4.78 is 0. The average molecular weight is 416 g/mol. The minimum Gasteiger partial charge on any atom is -0.481 e. The molecule has 2 N–H and O–H groups in total. The highest BCUT2D eigenvalue weighted by atomic mass is 16.4. The monoisotopic (exact) mass is 415 g/mol. The van der Waals surface area contributed by atoms with Gasteiger partial charge in [-0.05, 0) is 69.9 Å². The molecule has 1 saturated carbocycles. The van der Waals surface area contributed by atoms with Crippen LogP contribution in [0.15, 0.2) is 12.3 Å². The Hall–Kier alpha value is -1.89. The summed E-state index contributed by atoms with van der Waals surface area (Å²) in [5.41, 5.74) is 0. The van der Waals surface area contributed by atoms with Crippen LogP contribution < -0.4 is 10.2 Å². The molecule has 2 aliphatic heterocycles. The van der Waals surface area contributed by atoms with Crippen LogP contribution in [0, 0.1) is 5.92 Å². The normalized spacial score (nSPS) is 28.7. The third-order valence-corrected chi connectivity index (χ3v) is 7.15. The molecule has 0 bridgehead atoms. The fourth-order valence-electron chi connectivity index (χ4n) is 5.49.